The summed E-state index contributed by atoms with van der Waals surface area (Å²) >= 11 is 0. The van der Waals surface area contributed by atoms with Crippen LogP contribution in [0.4, 0.5) is 0 Å². The molecule has 1 aliphatic heterocycles. The minimum Gasteiger partial charge on any atom is -0.486 e. The van der Waals surface area contributed by atoms with Crippen LogP contribution in [0.2, 0.25) is 0 Å². The molecule has 2 heteroatoms. The van der Waals surface area contributed by atoms with Gasteiger partial charge in [-0.05, 0) is 25.0 Å². The second-order valence-electron chi connectivity index (χ2n) is 4.30. The fourth-order valence-electron chi connectivity index (χ4n) is 1.44. The minimum atomic E-state index is -0.200. The van der Waals surface area contributed by atoms with E-state index in [1.54, 1.807) is 0 Å². The Bertz CT molecular complexity index is 333. The van der Waals surface area contributed by atoms with Crippen molar-refractivity contribution in [2.45, 2.75) is 26.4 Å². The molecule has 1 aromatic rings. The molecule has 0 spiro atoms. The quantitative estimate of drug-likeness (QED) is 0.681. The van der Waals surface area contributed by atoms with Crippen LogP contribution in [0.15, 0.2) is 24.3 Å². The summed E-state index contributed by atoms with van der Waals surface area (Å²) in [4.78, 5) is 0. The molecule has 0 amide bonds. The monoisotopic (exact) mass is 192 g/mol. The molecule has 0 saturated carbocycles. The summed E-state index contributed by atoms with van der Waals surface area (Å²) in [7, 11) is 0. The highest BCUT2D eigenvalue weighted by atomic mass is 16.6. The zero-order valence-electron chi connectivity index (χ0n) is 8.91. The maximum atomic E-state index is 5.96. The maximum absolute atomic E-state index is 5.96. The maximum Gasteiger partial charge on any atom is 0.162 e. The third kappa shape index (κ3) is 1.45. The molecular weight excluding hydrogens is 176 g/mol. The van der Waals surface area contributed by atoms with Crippen molar-refractivity contribution in [3.63, 3.8) is 0 Å². The van der Waals surface area contributed by atoms with E-state index < -0.39 is 0 Å². The van der Waals surface area contributed by atoms with Crippen molar-refractivity contribution in [1.29, 1.82) is 0 Å². The zero-order valence-corrected chi connectivity index (χ0v) is 8.91. The predicted molar refractivity (Wildman–Crippen MR) is 55.8 cm³/mol. The Kier molecular flexibility index (Phi) is 2.14. The van der Waals surface area contributed by atoms with Gasteiger partial charge in [-0.1, -0.05) is 26.0 Å². The molecule has 76 valence electrons. The van der Waals surface area contributed by atoms with Crippen molar-refractivity contribution in [3.8, 4) is 11.5 Å². The van der Waals surface area contributed by atoms with E-state index in [2.05, 4.69) is 20.8 Å². The standard InChI is InChI=1S/C12H16O2/c1-9(2)12(3)8-13-10-6-4-5-7-11(10)14-12/h4-7,9H,8H2,1-3H3. The van der Waals surface area contributed by atoms with E-state index in [-0.39, 0.29) is 5.60 Å². The van der Waals surface area contributed by atoms with Crippen LogP contribution in [0.5, 0.6) is 11.5 Å². The second-order valence-corrected chi connectivity index (χ2v) is 4.30. The molecule has 0 saturated heterocycles. The molecule has 0 bridgehead atoms. The number of benzene rings is 1. The molecule has 1 atom stereocenters. The molecule has 0 fully saturated rings. The zero-order chi connectivity index (χ0) is 10.2. The highest BCUT2D eigenvalue weighted by Crippen LogP contribution is 2.37. The van der Waals surface area contributed by atoms with Gasteiger partial charge in [0.2, 0.25) is 0 Å². The average Bonchev–Trinajstić information content (AvgIpc) is 2.17. The van der Waals surface area contributed by atoms with Crippen LogP contribution in [-0.4, -0.2) is 12.2 Å². The number of fused-ring (bicyclic) bond motifs is 1. The summed E-state index contributed by atoms with van der Waals surface area (Å²) in [6.45, 7) is 7.02. The van der Waals surface area contributed by atoms with Crippen molar-refractivity contribution in [1.82, 2.24) is 0 Å². The Balaban J connectivity index is 2.29. The Morgan fingerprint density at radius 3 is 2.50 bits per heavy atom. The van der Waals surface area contributed by atoms with E-state index in [1.165, 1.54) is 0 Å². The SMILES string of the molecule is CC(C)C1(C)COc2ccccc2O1. The molecular formula is C12H16O2. The van der Waals surface area contributed by atoms with Crippen molar-refractivity contribution < 1.29 is 9.47 Å². The summed E-state index contributed by atoms with van der Waals surface area (Å²) in [5.41, 5.74) is -0.200. The van der Waals surface area contributed by atoms with Crippen LogP contribution >= 0.6 is 0 Å². The van der Waals surface area contributed by atoms with E-state index in [4.69, 9.17) is 9.47 Å². The lowest BCUT2D eigenvalue weighted by atomic mass is 9.92. The molecule has 14 heavy (non-hydrogen) atoms. The third-order valence-corrected chi connectivity index (χ3v) is 2.93. The molecule has 2 nitrogen and oxygen atoms in total. The molecule has 0 aromatic heterocycles. The van der Waals surface area contributed by atoms with Crippen LogP contribution in [0.1, 0.15) is 20.8 Å². The van der Waals surface area contributed by atoms with Crippen LogP contribution in [0, 0.1) is 5.92 Å². The van der Waals surface area contributed by atoms with Crippen molar-refractivity contribution in [2.24, 2.45) is 5.92 Å². The first-order valence-electron chi connectivity index (χ1n) is 5.03. The normalized spacial score (nSPS) is 25.1. The number of hydrogen-bond acceptors (Lipinski definition) is 2. The van der Waals surface area contributed by atoms with Gasteiger partial charge in [0.05, 0.1) is 0 Å². The van der Waals surface area contributed by atoms with Gasteiger partial charge in [-0.2, -0.15) is 0 Å². The van der Waals surface area contributed by atoms with Gasteiger partial charge < -0.3 is 9.47 Å². The minimum absolute atomic E-state index is 0.200. The van der Waals surface area contributed by atoms with E-state index in [0.717, 1.165) is 11.5 Å². The predicted octanol–water partition coefficient (Wildman–Crippen LogP) is 2.87. The van der Waals surface area contributed by atoms with Gasteiger partial charge in [0.15, 0.2) is 11.5 Å². The molecule has 1 aromatic carbocycles. The average molecular weight is 192 g/mol. The topological polar surface area (TPSA) is 18.5 Å². The highest BCUT2D eigenvalue weighted by Gasteiger charge is 2.35. The summed E-state index contributed by atoms with van der Waals surface area (Å²) in [6, 6.07) is 7.82. The molecule has 1 unspecified atom stereocenters. The lowest BCUT2D eigenvalue weighted by molar-refractivity contribution is -0.0284. The first-order valence-corrected chi connectivity index (χ1v) is 5.03. The van der Waals surface area contributed by atoms with E-state index in [1.807, 2.05) is 24.3 Å². The summed E-state index contributed by atoms with van der Waals surface area (Å²) in [5, 5.41) is 0. The lowest BCUT2D eigenvalue weighted by Crippen LogP contribution is -2.46. The Hall–Kier alpha value is -1.18. The Morgan fingerprint density at radius 1 is 1.21 bits per heavy atom. The van der Waals surface area contributed by atoms with Crippen LogP contribution in [-0.2, 0) is 0 Å². The first kappa shape index (κ1) is 9.38. The largest absolute Gasteiger partial charge is 0.486 e. The summed E-state index contributed by atoms with van der Waals surface area (Å²) < 4.78 is 11.6. The molecule has 1 aliphatic rings. The Morgan fingerprint density at radius 2 is 1.86 bits per heavy atom. The number of hydrogen-bond donors (Lipinski definition) is 0. The Labute approximate surface area is 84.8 Å². The molecule has 0 radical (unpaired) electrons. The number of para-hydroxylation sites is 2. The first-order chi connectivity index (χ1) is 6.62. The van der Waals surface area contributed by atoms with Crippen LogP contribution in [0.25, 0.3) is 0 Å². The van der Waals surface area contributed by atoms with Crippen LogP contribution < -0.4 is 9.47 Å². The van der Waals surface area contributed by atoms with Crippen molar-refractivity contribution >= 4 is 0 Å². The smallest absolute Gasteiger partial charge is 0.162 e. The van der Waals surface area contributed by atoms with Crippen molar-refractivity contribution in [2.75, 3.05) is 6.61 Å². The van der Waals surface area contributed by atoms with Gasteiger partial charge in [-0.15, -0.1) is 0 Å². The molecule has 2 rings (SSSR count). The van der Waals surface area contributed by atoms with Gasteiger partial charge in [0.1, 0.15) is 12.2 Å². The van der Waals surface area contributed by atoms with E-state index >= 15 is 0 Å². The second kappa shape index (κ2) is 3.19. The molecule has 1 heterocycles. The fraction of sp³-hybridized carbons (Fsp3) is 0.500. The molecule has 0 N–H and O–H groups in total. The van der Waals surface area contributed by atoms with Crippen LogP contribution in [0.3, 0.4) is 0 Å². The summed E-state index contributed by atoms with van der Waals surface area (Å²) in [5.74, 6) is 2.15. The number of rotatable bonds is 1. The van der Waals surface area contributed by atoms with Gasteiger partial charge >= 0.3 is 0 Å². The molecule has 0 aliphatic carbocycles. The summed E-state index contributed by atoms with van der Waals surface area (Å²) in [6.07, 6.45) is 0. The highest BCUT2D eigenvalue weighted by molar-refractivity contribution is 5.41. The van der Waals surface area contributed by atoms with Gasteiger partial charge in [-0.25, -0.2) is 0 Å². The van der Waals surface area contributed by atoms with Crippen molar-refractivity contribution in [3.05, 3.63) is 24.3 Å². The van der Waals surface area contributed by atoms with Gasteiger partial charge in [0.25, 0.3) is 0 Å². The fourth-order valence-corrected chi connectivity index (χ4v) is 1.44. The van der Waals surface area contributed by atoms with Gasteiger partial charge in [0, 0.05) is 0 Å². The van der Waals surface area contributed by atoms with E-state index in [9.17, 15) is 0 Å². The number of ether oxygens (including phenoxy) is 2. The third-order valence-electron chi connectivity index (χ3n) is 2.93. The lowest BCUT2D eigenvalue weighted by Gasteiger charge is -2.38. The van der Waals surface area contributed by atoms with E-state index in [0.29, 0.717) is 12.5 Å². The van der Waals surface area contributed by atoms with Gasteiger partial charge in [-0.3, -0.25) is 0 Å².